The van der Waals surface area contributed by atoms with E-state index in [-0.39, 0.29) is 23.2 Å². The van der Waals surface area contributed by atoms with E-state index in [9.17, 15) is 24.5 Å². The first kappa shape index (κ1) is 22.1. The monoisotopic (exact) mass is 407 g/mol. The first-order valence-electron chi connectivity index (χ1n) is 9.36. The molecule has 10 nitrogen and oxygen atoms in total. The SMILES string of the molecule is CC[C@H](C)[C@H](NC(=O)COC(=O)c1ccc(NC2CC2)c([N+](=O)[O-])c1)C(=O)OC. The lowest BCUT2D eigenvalue weighted by Crippen LogP contribution is -2.47. The predicted octanol–water partition coefficient (Wildman–Crippen LogP) is 2.03. The second kappa shape index (κ2) is 9.85. The molecule has 0 bridgehead atoms. The molecule has 29 heavy (non-hydrogen) atoms. The van der Waals surface area contributed by atoms with E-state index >= 15 is 0 Å². The Morgan fingerprint density at radius 3 is 2.55 bits per heavy atom. The molecule has 0 unspecified atom stereocenters. The smallest absolute Gasteiger partial charge is 0.338 e. The van der Waals surface area contributed by atoms with Crippen LogP contribution >= 0.6 is 0 Å². The summed E-state index contributed by atoms with van der Waals surface area (Å²) < 4.78 is 9.62. The number of nitro benzene ring substituents is 1. The highest BCUT2D eigenvalue weighted by Gasteiger charge is 2.28. The molecule has 1 amide bonds. The van der Waals surface area contributed by atoms with Gasteiger partial charge in [-0.15, -0.1) is 0 Å². The van der Waals surface area contributed by atoms with Crippen molar-refractivity contribution >= 4 is 29.2 Å². The van der Waals surface area contributed by atoms with E-state index in [4.69, 9.17) is 4.74 Å². The molecule has 0 heterocycles. The Bertz CT molecular complexity index is 792. The molecule has 0 aromatic heterocycles. The fourth-order valence-corrected chi connectivity index (χ4v) is 2.61. The third kappa shape index (κ3) is 6.16. The Morgan fingerprint density at radius 2 is 2.00 bits per heavy atom. The van der Waals surface area contributed by atoms with E-state index in [1.165, 1.54) is 19.2 Å². The number of hydrogen-bond acceptors (Lipinski definition) is 8. The number of nitrogens with one attached hydrogen (secondary N) is 2. The molecule has 2 N–H and O–H groups in total. The number of anilines is 1. The Kier molecular flexibility index (Phi) is 7.52. The number of methoxy groups -OCH3 is 1. The molecule has 1 aromatic carbocycles. The topological polar surface area (TPSA) is 137 Å². The van der Waals surface area contributed by atoms with Crippen molar-refractivity contribution in [3.8, 4) is 0 Å². The van der Waals surface area contributed by atoms with Crippen LogP contribution in [0.5, 0.6) is 0 Å². The molecule has 0 radical (unpaired) electrons. The molecule has 1 aromatic rings. The molecule has 2 atom stereocenters. The summed E-state index contributed by atoms with van der Waals surface area (Å²) in [5.41, 5.74) is 0.0527. The fourth-order valence-electron chi connectivity index (χ4n) is 2.61. The van der Waals surface area contributed by atoms with E-state index in [0.717, 1.165) is 18.9 Å². The third-order valence-corrected chi connectivity index (χ3v) is 4.69. The van der Waals surface area contributed by atoms with Crippen LogP contribution in [0.4, 0.5) is 11.4 Å². The van der Waals surface area contributed by atoms with Crippen LogP contribution in [0.1, 0.15) is 43.5 Å². The number of amides is 1. The number of hydrogen-bond donors (Lipinski definition) is 2. The average Bonchev–Trinajstić information content (AvgIpc) is 3.53. The summed E-state index contributed by atoms with van der Waals surface area (Å²) in [6, 6.07) is 3.31. The molecule has 10 heteroatoms. The van der Waals surface area contributed by atoms with Crippen LogP contribution in [0.25, 0.3) is 0 Å². The van der Waals surface area contributed by atoms with Gasteiger partial charge in [0.15, 0.2) is 6.61 Å². The second-order valence-corrected chi connectivity index (χ2v) is 6.94. The maximum Gasteiger partial charge on any atom is 0.338 e. The van der Waals surface area contributed by atoms with Gasteiger partial charge in [-0.3, -0.25) is 14.9 Å². The highest BCUT2D eigenvalue weighted by atomic mass is 16.6. The molecule has 0 spiro atoms. The highest BCUT2D eigenvalue weighted by molar-refractivity contribution is 5.93. The Morgan fingerprint density at radius 1 is 1.31 bits per heavy atom. The lowest BCUT2D eigenvalue weighted by molar-refractivity contribution is -0.384. The number of nitro groups is 1. The van der Waals surface area contributed by atoms with E-state index in [2.05, 4.69) is 15.4 Å². The van der Waals surface area contributed by atoms with Crippen LogP contribution in [0, 0.1) is 16.0 Å². The Labute approximate surface area is 168 Å². The van der Waals surface area contributed by atoms with Crippen molar-refractivity contribution in [3.05, 3.63) is 33.9 Å². The van der Waals surface area contributed by atoms with Gasteiger partial charge in [-0.1, -0.05) is 20.3 Å². The number of nitrogens with zero attached hydrogens (tertiary/aromatic N) is 1. The summed E-state index contributed by atoms with van der Waals surface area (Å²) in [6.45, 7) is 3.02. The molecule has 1 aliphatic carbocycles. The van der Waals surface area contributed by atoms with Crippen molar-refractivity contribution in [2.45, 2.75) is 45.2 Å². The molecular weight excluding hydrogens is 382 g/mol. The molecule has 1 aliphatic rings. The predicted molar refractivity (Wildman–Crippen MR) is 103 cm³/mol. The van der Waals surface area contributed by atoms with Gasteiger partial charge in [0.05, 0.1) is 17.6 Å². The normalized spacial score (nSPS) is 15.0. The zero-order valence-electron chi connectivity index (χ0n) is 16.6. The minimum Gasteiger partial charge on any atom is -0.467 e. The van der Waals surface area contributed by atoms with Gasteiger partial charge < -0.3 is 20.1 Å². The second-order valence-electron chi connectivity index (χ2n) is 6.94. The first-order chi connectivity index (χ1) is 13.8. The summed E-state index contributed by atoms with van der Waals surface area (Å²) in [4.78, 5) is 46.8. The van der Waals surface area contributed by atoms with Gasteiger partial charge in [-0.2, -0.15) is 0 Å². The van der Waals surface area contributed by atoms with Crippen molar-refractivity contribution in [2.24, 2.45) is 5.92 Å². The van der Waals surface area contributed by atoms with Crippen molar-refractivity contribution < 1.29 is 28.8 Å². The zero-order chi connectivity index (χ0) is 21.6. The number of rotatable bonds is 10. The molecule has 1 saturated carbocycles. The third-order valence-electron chi connectivity index (χ3n) is 4.69. The Hall–Kier alpha value is -3.17. The Balaban J connectivity index is 1.98. The fraction of sp³-hybridized carbons (Fsp3) is 0.526. The van der Waals surface area contributed by atoms with Crippen LogP contribution in [0.15, 0.2) is 18.2 Å². The highest BCUT2D eigenvalue weighted by Crippen LogP contribution is 2.31. The quantitative estimate of drug-likeness (QED) is 0.341. The molecule has 158 valence electrons. The summed E-state index contributed by atoms with van der Waals surface area (Å²) >= 11 is 0. The van der Waals surface area contributed by atoms with E-state index < -0.39 is 35.4 Å². The average molecular weight is 407 g/mol. The molecule has 2 rings (SSSR count). The van der Waals surface area contributed by atoms with Gasteiger partial charge in [-0.05, 0) is 30.9 Å². The maximum absolute atomic E-state index is 12.2. The molecule has 1 fully saturated rings. The van der Waals surface area contributed by atoms with Gasteiger partial charge in [0.2, 0.25) is 0 Å². The summed E-state index contributed by atoms with van der Waals surface area (Å²) in [6.07, 6.45) is 2.52. The summed E-state index contributed by atoms with van der Waals surface area (Å²) in [5, 5.41) is 16.8. The van der Waals surface area contributed by atoms with Crippen LogP contribution in [-0.4, -0.2) is 48.6 Å². The van der Waals surface area contributed by atoms with E-state index in [1.807, 2.05) is 6.92 Å². The van der Waals surface area contributed by atoms with Crippen molar-refractivity contribution in [2.75, 3.05) is 19.0 Å². The van der Waals surface area contributed by atoms with Crippen LogP contribution in [0.2, 0.25) is 0 Å². The van der Waals surface area contributed by atoms with Crippen LogP contribution in [-0.2, 0) is 19.1 Å². The van der Waals surface area contributed by atoms with Crippen molar-refractivity contribution in [1.82, 2.24) is 5.32 Å². The van der Waals surface area contributed by atoms with Crippen molar-refractivity contribution in [3.63, 3.8) is 0 Å². The summed E-state index contributed by atoms with van der Waals surface area (Å²) in [5.74, 6) is -2.31. The molecule has 0 saturated heterocycles. The zero-order valence-corrected chi connectivity index (χ0v) is 16.6. The van der Waals surface area contributed by atoms with E-state index in [0.29, 0.717) is 12.1 Å². The lowest BCUT2D eigenvalue weighted by atomic mass is 9.99. The lowest BCUT2D eigenvalue weighted by Gasteiger charge is -2.21. The number of benzene rings is 1. The number of ether oxygens (including phenoxy) is 2. The minimum atomic E-state index is -0.876. The first-order valence-corrected chi connectivity index (χ1v) is 9.36. The van der Waals surface area contributed by atoms with E-state index in [1.54, 1.807) is 6.92 Å². The van der Waals surface area contributed by atoms with Gasteiger partial charge in [0.25, 0.3) is 11.6 Å². The molecular formula is C19H25N3O7. The maximum atomic E-state index is 12.2. The standard InChI is InChI=1S/C19H25N3O7/c1-4-11(2)17(19(25)28-3)21-16(23)10-29-18(24)12-5-8-14(20-13-6-7-13)15(9-12)22(26)27/h5,8-9,11,13,17,20H,4,6-7,10H2,1-3H3,(H,21,23)/t11-,17-/m0/s1. The van der Waals surface area contributed by atoms with Gasteiger partial charge in [0, 0.05) is 12.1 Å². The number of carbonyl (C=O) groups excluding carboxylic acids is 3. The summed E-state index contributed by atoms with van der Waals surface area (Å²) in [7, 11) is 1.22. The number of carbonyl (C=O) groups is 3. The van der Waals surface area contributed by atoms with Crippen LogP contribution < -0.4 is 10.6 Å². The molecule has 0 aliphatic heterocycles. The van der Waals surface area contributed by atoms with Gasteiger partial charge in [0.1, 0.15) is 11.7 Å². The van der Waals surface area contributed by atoms with Crippen molar-refractivity contribution in [1.29, 1.82) is 0 Å². The van der Waals surface area contributed by atoms with Gasteiger partial charge >= 0.3 is 11.9 Å². The minimum absolute atomic E-state index is 0.0442. The number of esters is 2. The van der Waals surface area contributed by atoms with Crippen LogP contribution in [0.3, 0.4) is 0 Å². The largest absolute Gasteiger partial charge is 0.467 e. The van der Waals surface area contributed by atoms with Gasteiger partial charge in [-0.25, -0.2) is 9.59 Å².